The van der Waals surface area contributed by atoms with Gasteiger partial charge in [-0.1, -0.05) is 19.9 Å². The lowest BCUT2D eigenvalue weighted by molar-refractivity contribution is -0.147. The van der Waals surface area contributed by atoms with Gasteiger partial charge in [-0.2, -0.15) is 13.2 Å². The van der Waals surface area contributed by atoms with E-state index in [1.54, 1.807) is 18.2 Å². The molecule has 2 aromatic rings. The minimum absolute atomic E-state index is 0.0879. The Balaban J connectivity index is 2.72. The van der Waals surface area contributed by atoms with Crippen molar-refractivity contribution in [3.63, 3.8) is 0 Å². The second-order valence-corrected chi connectivity index (χ2v) is 4.65. The summed E-state index contributed by atoms with van der Waals surface area (Å²) in [5.74, 6) is -0.797. The highest BCUT2D eigenvalue weighted by Crippen LogP contribution is 2.33. The van der Waals surface area contributed by atoms with Crippen molar-refractivity contribution in [2.75, 3.05) is 5.73 Å². The van der Waals surface area contributed by atoms with Gasteiger partial charge < -0.3 is 10.3 Å². The van der Waals surface area contributed by atoms with Gasteiger partial charge in [0, 0.05) is 6.54 Å². The van der Waals surface area contributed by atoms with Crippen molar-refractivity contribution in [2.24, 2.45) is 5.92 Å². The lowest BCUT2D eigenvalue weighted by Crippen LogP contribution is -2.17. The van der Waals surface area contributed by atoms with Crippen LogP contribution in [-0.2, 0) is 12.7 Å². The third-order valence-electron chi connectivity index (χ3n) is 2.61. The molecule has 0 aliphatic heterocycles. The maximum absolute atomic E-state index is 12.9. The SMILES string of the molecule is CC(C)Cn1c(C(F)(F)F)nc2c(N)cccc21. The van der Waals surface area contributed by atoms with Crippen LogP contribution in [0, 0.1) is 5.92 Å². The Hall–Kier alpha value is -1.72. The fraction of sp³-hybridized carbons (Fsp3) is 0.417. The van der Waals surface area contributed by atoms with Crippen LogP contribution in [0.5, 0.6) is 0 Å². The Morgan fingerprint density at radius 1 is 1.33 bits per heavy atom. The minimum Gasteiger partial charge on any atom is -0.397 e. The Kier molecular flexibility index (Phi) is 2.96. The molecule has 6 heteroatoms. The zero-order valence-corrected chi connectivity index (χ0v) is 10.1. The van der Waals surface area contributed by atoms with Crippen LogP contribution in [0.15, 0.2) is 18.2 Å². The van der Waals surface area contributed by atoms with Crippen molar-refractivity contribution >= 4 is 16.7 Å². The quantitative estimate of drug-likeness (QED) is 0.839. The summed E-state index contributed by atoms with van der Waals surface area (Å²) in [6, 6.07) is 4.79. The molecule has 0 saturated heterocycles. The fourth-order valence-electron chi connectivity index (χ4n) is 1.94. The number of aromatic nitrogens is 2. The molecule has 0 atom stereocenters. The van der Waals surface area contributed by atoms with Crippen LogP contribution in [0.25, 0.3) is 11.0 Å². The number of para-hydroxylation sites is 1. The average molecular weight is 257 g/mol. The Bertz CT molecular complexity index is 570. The van der Waals surface area contributed by atoms with Crippen molar-refractivity contribution in [1.82, 2.24) is 9.55 Å². The number of halogens is 3. The molecule has 2 N–H and O–H groups in total. The van der Waals surface area contributed by atoms with Gasteiger partial charge in [0.1, 0.15) is 5.52 Å². The van der Waals surface area contributed by atoms with E-state index in [0.29, 0.717) is 5.52 Å². The molecule has 98 valence electrons. The molecule has 3 nitrogen and oxygen atoms in total. The van der Waals surface area contributed by atoms with Crippen LogP contribution >= 0.6 is 0 Å². The van der Waals surface area contributed by atoms with E-state index in [-0.39, 0.29) is 23.7 Å². The fourth-order valence-corrected chi connectivity index (χ4v) is 1.94. The Morgan fingerprint density at radius 2 is 2.00 bits per heavy atom. The number of anilines is 1. The third kappa shape index (κ3) is 2.14. The predicted molar refractivity (Wildman–Crippen MR) is 64.0 cm³/mol. The summed E-state index contributed by atoms with van der Waals surface area (Å²) < 4.78 is 40.0. The first-order chi connectivity index (χ1) is 8.30. The lowest BCUT2D eigenvalue weighted by Gasteiger charge is -2.13. The second-order valence-electron chi connectivity index (χ2n) is 4.65. The molecule has 1 heterocycles. The number of hydrogen-bond donors (Lipinski definition) is 1. The molecular formula is C12H14F3N3. The normalized spacial score (nSPS) is 12.6. The number of benzene rings is 1. The molecule has 1 aromatic heterocycles. The van der Waals surface area contributed by atoms with Gasteiger partial charge >= 0.3 is 6.18 Å². The summed E-state index contributed by atoms with van der Waals surface area (Å²) >= 11 is 0. The van der Waals surface area contributed by atoms with Gasteiger partial charge in [0.25, 0.3) is 0 Å². The number of fused-ring (bicyclic) bond motifs is 1. The molecule has 1 aromatic carbocycles. The molecule has 0 saturated carbocycles. The van der Waals surface area contributed by atoms with Gasteiger partial charge in [-0.05, 0) is 18.1 Å². The van der Waals surface area contributed by atoms with Crippen molar-refractivity contribution in [3.05, 3.63) is 24.0 Å². The van der Waals surface area contributed by atoms with Crippen LogP contribution in [-0.4, -0.2) is 9.55 Å². The maximum atomic E-state index is 12.9. The van der Waals surface area contributed by atoms with Gasteiger partial charge in [-0.3, -0.25) is 0 Å². The number of nitrogen functional groups attached to an aromatic ring is 1. The summed E-state index contributed by atoms with van der Waals surface area (Å²) in [4.78, 5) is 3.65. The molecule has 0 aliphatic carbocycles. The van der Waals surface area contributed by atoms with E-state index in [1.165, 1.54) is 4.57 Å². The molecule has 0 bridgehead atoms. The van der Waals surface area contributed by atoms with Crippen molar-refractivity contribution in [3.8, 4) is 0 Å². The summed E-state index contributed by atoms with van der Waals surface area (Å²) in [6.45, 7) is 3.98. The Morgan fingerprint density at radius 3 is 2.56 bits per heavy atom. The number of rotatable bonds is 2. The highest BCUT2D eigenvalue weighted by atomic mass is 19.4. The highest BCUT2D eigenvalue weighted by Gasteiger charge is 2.37. The molecule has 0 unspecified atom stereocenters. The largest absolute Gasteiger partial charge is 0.449 e. The topological polar surface area (TPSA) is 43.8 Å². The second kappa shape index (κ2) is 4.19. The number of imidazole rings is 1. The third-order valence-corrected chi connectivity index (χ3v) is 2.61. The van der Waals surface area contributed by atoms with Crippen molar-refractivity contribution < 1.29 is 13.2 Å². The summed E-state index contributed by atoms with van der Waals surface area (Å²) in [7, 11) is 0. The monoisotopic (exact) mass is 257 g/mol. The van der Waals surface area contributed by atoms with Crippen LogP contribution < -0.4 is 5.73 Å². The highest BCUT2D eigenvalue weighted by molar-refractivity contribution is 5.87. The van der Waals surface area contributed by atoms with Crippen LogP contribution in [0.1, 0.15) is 19.7 Å². The van der Waals surface area contributed by atoms with Crippen LogP contribution in [0.2, 0.25) is 0 Å². The molecule has 0 radical (unpaired) electrons. The number of nitrogens with two attached hydrogens (primary N) is 1. The first-order valence-electron chi connectivity index (χ1n) is 5.62. The van der Waals surface area contributed by atoms with E-state index in [0.717, 1.165) is 0 Å². The summed E-state index contributed by atoms with van der Waals surface area (Å²) in [6.07, 6.45) is -4.47. The maximum Gasteiger partial charge on any atom is 0.449 e. The molecular weight excluding hydrogens is 243 g/mol. The molecule has 0 fully saturated rings. The zero-order chi connectivity index (χ0) is 13.5. The summed E-state index contributed by atoms with van der Waals surface area (Å²) in [5, 5.41) is 0. The zero-order valence-electron chi connectivity index (χ0n) is 10.1. The lowest BCUT2D eigenvalue weighted by atomic mass is 10.2. The van der Waals surface area contributed by atoms with Gasteiger partial charge in [-0.25, -0.2) is 4.98 Å². The van der Waals surface area contributed by atoms with E-state index < -0.39 is 12.0 Å². The molecule has 0 aliphatic rings. The molecule has 2 rings (SSSR count). The van der Waals surface area contributed by atoms with Gasteiger partial charge in [0.2, 0.25) is 5.82 Å². The van der Waals surface area contributed by atoms with Gasteiger partial charge in [-0.15, -0.1) is 0 Å². The van der Waals surface area contributed by atoms with E-state index in [9.17, 15) is 13.2 Å². The van der Waals surface area contributed by atoms with Crippen molar-refractivity contribution in [2.45, 2.75) is 26.6 Å². The molecule has 18 heavy (non-hydrogen) atoms. The van der Waals surface area contributed by atoms with Gasteiger partial charge in [0.15, 0.2) is 0 Å². The van der Waals surface area contributed by atoms with E-state index in [2.05, 4.69) is 4.98 Å². The number of hydrogen-bond acceptors (Lipinski definition) is 2. The first-order valence-corrected chi connectivity index (χ1v) is 5.62. The first kappa shape index (κ1) is 12.7. The van der Waals surface area contributed by atoms with E-state index in [1.807, 2.05) is 13.8 Å². The Labute approximate surface area is 102 Å². The van der Waals surface area contributed by atoms with E-state index in [4.69, 9.17) is 5.73 Å². The predicted octanol–water partition coefficient (Wildman–Crippen LogP) is 3.29. The standard InChI is InChI=1S/C12H14F3N3/c1-7(2)6-18-9-5-3-4-8(16)10(9)17-11(18)12(13,14)15/h3-5,7H,6,16H2,1-2H3. The van der Waals surface area contributed by atoms with Crippen molar-refractivity contribution in [1.29, 1.82) is 0 Å². The smallest absolute Gasteiger partial charge is 0.397 e. The van der Waals surface area contributed by atoms with Crippen LogP contribution in [0.4, 0.5) is 18.9 Å². The number of nitrogens with zero attached hydrogens (tertiary/aromatic N) is 2. The average Bonchev–Trinajstić information content (AvgIpc) is 2.57. The summed E-state index contributed by atoms with van der Waals surface area (Å²) in [5.41, 5.74) is 6.57. The van der Waals surface area contributed by atoms with Gasteiger partial charge in [0.05, 0.1) is 11.2 Å². The van der Waals surface area contributed by atoms with Crippen LogP contribution in [0.3, 0.4) is 0 Å². The molecule has 0 amide bonds. The minimum atomic E-state index is -4.47. The molecule has 0 spiro atoms. The van der Waals surface area contributed by atoms with E-state index >= 15 is 0 Å². The number of alkyl halides is 3.